The second kappa shape index (κ2) is 8.69. The van der Waals surface area contributed by atoms with Gasteiger partial charge in [0.15, 0.2) is 0 Å². The number of aryl methyl sites for hydroxylation is 1. The normalized spacial score (nSPS) is 17.1. The largest absolute Gasteiger partial charge is 0.416 e. The van der Waals surface area contributed by atoms with Gasteiger partial charge in [0, 0.05) is 12.6 Å². The van der Waals surface area contributed by atoms with Crippen molar-refractivity contribution in [1.29, 1.82) is 0 Å². The van der Waals surface area contributed by atoms with Crippen molar-refractivity contribution in [3.63, 3.8) is 0 Å². The average Bonchev–Trinajstić information content (AvgIpc) is 2.48. The van der Waals surface area contributed by atoms with Crippen LogP contribution in [0.4, 0.5) is 13.2 Å². The molecule has 5 heteroatoms. The number of nitrogens with zero attached hydrogens (tertiary/aromatic N) is 2. The van der Waals surface area contributed by atoms with E-state index in [1.165, 1.54) is 12.1 Å². The summed E-state index contributed by atoms with van der Waals surface area (Å²) < 4.78 is 39.2. The predicted molar refractivity (Wildman–Crippen MR) is 89.5 cm³/mol. The summed E-state index contributed by atoms with van der Waals surface area (Å²) in [7, 11) is 4.12. The molecule has 1 fully saturated rings. The first kappa shape index (κ1) is 20.0. The van der Waals surface area contributed by atoms with Crippen LogP contribution < -0.4 is 0 Å². The lowest BCUT2D eigenvalue weighted by Gasteiger charge is -2.35. The summed E-state index contributed by atoms with van der Waals surface area (Å²) in [6.45, 7) is 7.93. The third-order valence-corrected chi connectivity index (χ3v) is 4.25. The van der Waals surface area contributed by atoms with Gasteiger partial charge < -0.3 is 4.90 Å². The fourth-order valence-electron chi connectivity index (χ4n) is 2.96. The molecule has 1 heterocycles. The van der Waals surface area contributed by atoms with Crippen LogP contribution >= 0.6 is 0 Å². The molecule has 0 radical (unpaired) electrons. The Morgan fingerprint density at radius 3 is 2.17 bits per heavy atom. The quantitative estimate of drug-likeness (QED) is 0.801. The monoisotopic (exact) mass is 330 g/mol. The van der Waals surface area contributed by atoms with Crippen LogP contribution in [0.1, 0.15) is 43.4 Å². The summed E-state index contributed by atoms with van der Waals surface area (Å²) in [5, 5.41) is 0. The van der Waals surface area contributed by atoms with Crippen LogP contribution in [-0.4, -0.2) is 43.0 Å². The molecule has 1 aliphatic heterocycles. The number of likely N-dealkylation sites (tertiary alicyclic amines) is 1. The number of benzene rings is 1. The molecule has 0 saturated carbocycles. The Hall–Kier alpha value is -1.07. The third kappa shape index (κ3) is 5.81. The molecule has 1 aromatic carbocycles. The molecule has 0 spiro atoms. The fourth-order valence-corrected chi connectivity index (χ4v) is 2.96. The lowest BCUT2D eigenvalue weighted by atomic mass is 10.0. The highest BCUT2D eigenvalue weighted by molar-refractivity contribution is 5.33. The van der Waals surface area contributed by atoms with Gasteiger partial charge in [0.05, 0.1) is 5.56 Å². The Balaban J connectivity index is 0.00000127. The van der Waals surface area contributed by atoms with Gasteiger partial charge in [-0.05, 0) is 58.6 Å². The Bertz CT molecular complexity index is 476. The van der Waals surface area contributed by atoms with Crippen LogP contribution in [0.25, 0.3) is 0 Å². The van der Waals surface area contributed by atoms with Crippen molar-refractivity contribution in [1.82, 2.24) is 9.80 Å². The van der Waals surface area contributed by atoms with Crippen molar-refractivity contribution in [2.24, 2.45) is 0 Å². The maximum atomic E-state index is 13.1. The van der Waals surface area contributed by atoms with Gasteiger partial charge in [-0.15, -0.1) is 0 Å². The van der Waals surface area contributed by atoms with Crippen LogP contribution in [0.3, 0.4) is 0 Å². The van der Waals surface area contributed by atoms with Crippen LogP contribution in [0.15, 0.2) is 18.2 Å². The van der Waals surface area contributed by atoms with E-state index in [4.69, 9.17) is 0 Å². The minimum absolute atomic E-state index is 0.386. The lowest BCUT2D eigenvalue weighted by Crippen LogP contribution is -2.41. The summed E-state index contributed by atoms with van der Waals surface area (Å²) in [6.07, 6.45) is -2.24. The maximum absolute atomic E-state index is 13.1. The summed E-state index contributed by atoms with van der Waals surface area (Å²) in [6, 6.07) is 4.95. The minimum atomic E-state index is -4.27. The van der Waals surface area contributed by atoms with Crippen LogP contribution in [0, 0.1) is 6.92 Å². The molecule has 0 bridgehead atoms. The number of halogens is 3. The molecule has 1 saturated heterocycles. The SMILES string of the molecule is CC.Cc1ccc(C(F)(F)F)c(CN2CCC(N(C)C)CC2)c1. The van der Waals surface area contributed by atoms with Gasteiger partial charge >= 0.3 is 6.18 Å². The summed E-state index contributed by atoms with van der Waals surface area (Å²) in [5.41, 5.74) is 0.773. The Morgan fingerprint density at radius 2 is 1.70 bits per heavy atom. The van der Waals surface area contributed by atoms with Gasteiger partial charge in [-0.25, -0.2) is 0 Å². The number of hydrogen-bond acceptors (Lipinski definition) is 2. The molecule has 0 atom stereocenters. The molecule has 0 amide bonds. The van der Waals surface area contributed by atoms with Crippen molar-refractivity contribution >= 4 is 0 Å². The molecule has 1 aromatic rings. The molecule has 0 aliphatic carbocycles. The fraction of sp³-hybridized carbons (Fsp3) is 0.667. The van der Waals surface area contributed by atoms with E-state index in [-0.39, 0.29) is 0 Å². The van der Waals surface area contributed by atoms with Gasteiger partial charge in [-0.3, -0.25) is 4.90 Å². The number of piperidine rings is 1. The molecular formula is C18H29F3N2. The van der Waals surface area contributed by atoms with E-state index >= 15 is 0 Å². The Labute approximate surface area is 138 Å². The minimum Gasteiger partial charge on any atom is -0.306 e. The van der Waals surface area contributed by atoms with Crippen molar-refractivity contribution in [2.45, 2.75) is 52.4 Å². The maximum Gasteiger partial charge on any atom is 0.416 e. The summed E-state index contributed by atoms with van der Waals surface area (Å²) >= 11 is 0. The van der Waals surface area contributed by atoms with Crippen molar-refractivity contribution in [2.75, 3.05) is 27.2 Å². The molecule has 2 nitrogen and oxygen atoms in total. The van der Waals surface area contributed by atoms with Gasteiger partial charge in [-0.2, -0.15) is 13.2 Å². The molecule has 0 unspecified atom stereocenters. The predicted octanol–water partition coefficient (Wildman–Crippen LogP) is 4.57. The first-order chi connectivity index (χ1) is 10.8. The zero-order valence-corrected chi connectivity index (χ0v) is 14.9. The van der Waals surface area contributed by atoms with Gasteiger partial charge in [0.25, 0.3) is 0 Å². The Morgan fingerprint density at radius 1 is 1.13 bits per heavy atom. The van der Waals surface area contributed by atoms with E-state index < -0.39 is 11.7 Å². The Kier molecular flexibility index (Phi) is 7.55. The number of rotatable bonds is 3. The van der Waals surface area contributed by atoms with E-state index in [1.807, 2.05) is 20.8 Å². The van der Waals surface area contributed by atoms with Gasteiger partial charge in [0.2, 0.25) is 0 Å². The van der Waals surface area contributed by atoms with Crippen LogP contribution in [-0.2, 0) is 12.7 Å². The van der Waals surface area contributed by atoms with Crippen molar-refractivity contribution in [3.8, 4) is 0 Å². The van der Waals surface area contributed by atoms with Crippen LogP contribution in [0.2, 0.25) is 0 Å². The van der Waals surface area contributed by atoms with E-state index in [0.29, 0.717) is 18.2 Å². The molecule has 2 rings (SSSR count). The average molecular weight is 330 g/mol. The smallest absolute Gasteiger partial charge is 0.306 e. The molecule has 23 heavy (non-hydrogen) atoms. The second-order valence-corrected chi connectivity index (χ2v) is 6.13. The van der Waals surface area contributed by atoms with Gasteiger partial charge in [0.1, 0.15) is 0 Å². The second-order valence-electron chi connectivity index (χ2n) is 6.13. The van der Waals surface area contributed by atoms with Crippen LogP contribution in [0.5, 0.6) is 0 Å². The first-order valence-corrected chi connectivity index (χ1v) is 8.33. The first-order valence-electron chi connectivity index (χ1n) is 8.33. The van der Waals surface area contributed by atoms with E-state index in [0.717, 1.165) is 31.5 Å². The molecule has 1 aliphatic rings. The topological polar surface area (TPSA) is 6.48 Å². The third-order valence-electron chi connectivity index (χ3n) is 4.25. The molecule has 0 aromatic heterocycles. The number of alkyl halides is 3. The molecule has 0 N–H and O–H groups in total. The highest BCUT2D eigenvalue weighted by Crippen LogP contribution is 2.33. The zero-order valence-electron chi connectivity index (χ0n) is 14.9. The highest BCUT2D eigenvalue weighted by atomic mass is 19.4. The standard InChI is InChI=1S/C16H23F3N2.C2H6/c1-12-4-5-15(16(17,18)19)13(10-12)11-21-8-6-14(7-9-21)20(2)3;1-2/h4-5,10,14H,6-9,11H2,1-3H3;1-2H3. The summed E-state index contributed by atoms with van der Waals surface area (Å²) in [5.74, 6) is 0. The van der Waals surface area contributed by atoms with Gasteiger partial charge in [-0.1, -0.05) is 31.5 Å². The van der Waals surface area contributed by atoms with E-state index in [2.05, 4.69) is 23.9 Å². The summed E-state index contributed by atoms with van der Waals surface area (Å²) in [4.78, 5) is 4.33. The van der Waals surface area contributed by atoms with Crippen molar-refractivity contribution < 1.29 is 13.2 Å². The number of hydrogen-bond donors (Lipinski definition) is 0. The zero-order chi connectivity index (χ0) is 17.6. The van der Waals surface area contributed by atoms with E-state index in [9.17, 15) is 13.2 Å². The highest BCUT2D eigenvalue weighted by Gasteiger charge is 2.33. The van der Waals surface area contributed by atoms with Crippen molar-refractivity contribution in [3.05, 3.63) is 34.9 Å². The molecular weight excluding hydrogens is 301 g/mol. The van der Waals surface area contributed by atoms with E-state index in [1.54, 1.807) is 6.07 Å². The lowest BCUT2D eigenvalue weighted by molar-refractivity contribution is -0.138. The molecule has 132 valence electrons.